The largest absolute Gasteiger partial charge is 0.369 e. The van der Waals surface area contributed by atoms with Gasteiger partial charge in [0.15, 0.2) is 0 Å². The highest BCUT2D eigenvalue weighted by Gasteiger charge is 2.45. The van der Waals surface area contributed by atoms with Crippen LogP contribution < -0.4 is 0 Å². The third kappa shape index (κ3) is 21.7. The van der Waals surface area contributed by atoms with Crippen molar-refractivity contribution in [3.8, 4) is 0 Å². The van der Waals surface area contributed by atoms with E-state index in [1.807, 2.05) is 0 Å². The van der Waals surface area contributed by atoms with E-state index in [1.54, 1.807) is 0 Å². The van der Waals surface area contributed by atoms with Crippen molar-refractivity contribution in [1.29, 1.82) is 0 Å². The molecule has 0 bridgehead atoms. The molecular weight excluding hydrogens is 568 g/mol. The number of ether oxygens (including phenoxy) is 4. The fourth-order valence-electron chi connectivity index (χ4n) is 6.42. The summed E-state index contributed by atoms with van der Waals surface area (Å²) >= 11 is 0. The summed E-state index contributed by atoms with van der Waals surface area (Å²) in [6, 6.07) is 0. The third-order valence-corrected chi connectivity index (χ3v) is 10.5. The molecule has 5 unspecified atom stereocenters. The fourth-order valence-corrected chi connectivity index (χ4v) is 6.42. The normalized spacial score (nSPS) is 16.6. The summed E-state index contributed by atoms with van der Waals surface area (Å²) in [4.78, 5) is 0. The lowest BCUT2D eigenvalue weighted by Crippen LogP contribution is -2.53. The molecule has 0 aromatic heterocycles. The van der Waals surface area contributed by atoms with Crippen LogP contribution >= 0.6 is 0 Å². The Morgan fingerprint density at radius 2 is 0.674 bits per heavy atom. The first-order chi connectivity index (χ1) is 22.4. The zero-order valence-corrected chi connectivity index (χ0v) is 33.1. The van der Waals surface area contributed by atoms with Crippen molar-refractivity contribution in [2.24, 2.45) is 23.7 Å². The van der Waals surface area contributed by atoms with Gasteiger partial charge in [-0.2, -0.15) is 0 Å². The molecule has 0 fully saturated rings. The van der Waals surface area contributed by atoms with Crippen molar-refractivity contribution in [1.82, 2.24) is 0 Å². The van der Waals surface area contributed by atoms with Crippen molar-refractivity contribution in [3.05, 3.63) is 0 Å². The lowest BCUT2D eigenvalue weighted by molar-refractivity contribution is -0.426. The minimum Gasteiger partial charge on any atom is -0.369 e. The smallest absolute Gasteiger partial charge is 0.310 e. The van der Waals surface area contributed by atoms with Crippen molar-refractivity contribution in [2.75, 3.05) is 26.4 Å². The van der Waals surface area contributed by atoms with Crippen LogP contribution in [0.4, 0.5) is 0 Å². The molecule has 0 rings (SSSR count). The Balaban J connectivity index is 6.55. The van der Waals surface area contributed by atoms with Gasteiger partial charge in [-0.05, 0) is 55.8 Å². The standard InChI is InChI=1S/C42H86O4/c1-10-19-24-25-26-27-32-41(43-33-37(15-6)28-20-11-2)42(44-34-38(16-7)29-21-12-3,45-35-39(17-8)30-22-13-4)46-36-40(18-9)31-23-14-5/h37-41H,10-36H2,1-9H3. The summed E-state index contributed by atoms with van der Waals surface area (Å²) in [7, 11) is 0. The minimum absolute atomic E-state index is 0.217. The lowest BCUT2D eigenvalue weighted by atomic mass is 9.99. The van der Waals surface area contributed by atoms with Gasteiger partial charge in [0.1, 0.15) is 6.10 Å². The lowest BCUT2D eigenvalue weighted by Gasteiger charge is -2.42. The predicted octanol–water partition coefficient (Wildman–Crippen LogP) is 13.7. The van der Waals surface area contributed by atoms with Gasteiger partial charge in [0, 0.05) is 0 Å². The van der Waals surface area contributed by atoms with Crippen LogP contribution in [0.1, 0.15) is 210 Å². The van der Waals surface area contributed by atoms with Gasteiger partial charge in [-0.15, -0.1) is 0 Å². The van der Waals surface area contributed by atoms with Gasteiger partial charge < -0.3 is 18.9 Å². The van der Waals surface area contributed by atoms with Gasteiger partial charge in [-0.1, -0.05) is 178 Å². The summed E-state index contributed by atoms with van der Waals surface area (Å²) in [6.45, 7) is 23.5. The first kappa shape index (κ1) is 45.8. The molecule has 0 N–H and O–H groups in total. The molecule has 0 aromatic rings. The van der Waals surface area contributed by atoms with Gasteiger partial charge in [0.25, 0.3) is 0 Å². The molecule has 278 valence electrons. The second-order valence-electron chi connectivity index (χ2n) is 14.6. The molecule has 4 heteroatoms. The molecule has 5 atom stereocenters. The summed E-state index contributed by atoms with van der Waals surface area (Å²) in [5, 5.41) is 0. The van der Waals surface area contributed by atoms with Crippen LogP contribution in [-0.4, -0.2) is 38.5 Å². The van der Waals surface area contributed by atoms with E-state index in [-0.39, 0.29) is 6.10 Å². The van der Waals surface area contributed by atoms with Crippen LogP contribution in [0.2, 0.25) is 0 Å². The Kier molecular flexibility index (Phi) is 32.0. The highest BCUT2D eigenvalue weighted by molar-refractivity contribution is 4.77. The average molecular weight is 655 g/mol. The second kappa shape index (κ2) is 32.1. The first-order valence-corrected chi connectivity index (χ1v) is 21.0. The zero-order valence-electron chi connectivity index (χ0n) is 33.1. The average Bonchev–Trinajstić information content (AvgIpc) is 3.08. The zero-order chi connectivity index (χ0) is 34.3. The number of unbranched alkanes of at least 4 members (excludes halogenated alkanes) is 9. The Labute approximate surface area is 290 Å². The molecule has 0 aromatic carbocycles. The molecule has 0 aliphatic rings. The maximum absolute atomic E-state index is 7.11. The maximum atomic E-state index is 7.11. The molecule has 0 aliphatic carbocycles. The minimum atomic E-state index is -1.15. The number of hydrogen-bond acceptors (Lipinski definition) is 4. The summed E-state index contributed by atoms with van der Waals surface area (Å²) in [5.74, 6) is 0.958. The monoisotopic (exact) mass is 655 g/mol. The van der Waals surface area contributed by atoms with E-state index in [1.165, 1.54) is 109 Å². The van der Waals surface area contributed by atoms with Crippen LogP contribution in [0.25, 0.3) is 0 Å². The second-order valence-corrected chi connectivity index (χ2v) is 14.6. The van der Waals surface area contributed by atoms with E-state index in [4.69, 9.17) is 18.9 Å². The van der Waals surface area contributed by atoms with Crippen LogP contribution in [0.5, 0.6) is 0 Å². The van der Waals surface area contributed by atoms with E-state index in [0.717, 1.165) is 45.1 Å². The molecule has 0 amide bonds. The van der Waals surface area contributed by atoms with Gasteiger partial charge in [0.2, 0.25) is 0 Å². The van der Waals surface area contributed by atoms with Crippen LogP contribution in [0.3, 0.4) is 0 Å². The first-order valence-electron chi connectivity index (χ1n) is 21.0. The molecule has 0 saturated heterocycles. The summed E-state index contributed by atoms with van der Waals surface area (Å²) < 4.78 is 28.4. The quantitative estimate of drug-likeness (QED) is 0.0497. The van der Waals surface area contributed by atoms with E-state index < -0.39 is 5.97 Å². The molecule has 46 heavy (non-hydrogen) atoms. The van der Waals surface area contributed by atoms with Gasteiger partial charge >= 0.3 is 5.97 Å². The molecule has 4 nitrogen and oxygen atoms in total. The van der Waals surface area contributed by atoms with Crippen LogP contribution in [0, 0.1) is 23.7 Å². The Morgan fingerprint density at radius 3 is 1.02 bits per heavy atom. The maximum Gasteiger partial charge on any atom is 0.310 e. The highest BCUT2D eigenvalue weighted by Crippen LogP contribution is 2.33. The number of hydrogen-bond donors (Lipinski definition) is 0. The van der Waals surface area contributed by atoms with E-state index >= 15 is 0 Å². The molecule has 0 radical (unpaired) electrons. The Hall–Kier alpha value is -0.160. The van der Waals surface area contributed by atoms with Gasteiger partial charge in [-0.25, -0.2) is 0 Å². The Morgan fingerprint density at radius 1 is 0.348 bits per heavy atom. The highest BCUT2D eigenvalue weighted by atomic mass is 16.9. The number of rotatable bonds is 36. The molecule has 0 aliphatic heterocycles. The molecule has 0 saturated carbocycles. The van der Waals surface area contributed by atoms with Crippen molar-refractivity contribution < 1.29 is 18.9 Å². The van der Waals surface area contributed by atoms with E-state index in [9.17, 15) is 0 Å². The van der Waals surface area contributed by atoms with Crippen molar-refractivity contribution in [3.63, 3.8) is 0 Å². The third-order valence-electron chi connectivity index (χ3n) is 10.5. The predicted molar refractivity (Wildman–Crippen MR) is 202 cm³/mol. The SMILES string of the molecule is CCCCCCCCC(OCC(CC)CCCC)C(OCC(CC)CCCC)(OCC(CC)CCCC)OCC(CC)CCCC. The Bertz CT molecular complexity index is 560. The topological polar surface area (TPSA) is 36.9 Å². The summed E-state index contributed by atoms with van der Waals surface area (Å²) in [6.07, 6.45) is 27.5. The molecule has 0 heterocycles. The molecule has 0 spiro atoms. The van der Waals surface area contributed by atoms with E-state index in [2.05, 4.69) is 62.3 Å². The van der Waals surface area contributed by atoms with Gasteiger partial charge in [0.05, 0.1) is 26.4 Å². The van der Waals surface area contributed by atoms with Crippen molar-refractivity contribution >= 4 is 0 Å². The van der Waals surface area contributed by atoms with Crippen LogP contribution in [-0.2, 0) is 18.9 Å². The van der Waals surface area contributed by atoms with Crippen LogP contribution in [0.15, 0.2) is 0 Å². The van der Waals surface area contributed by atoms with Crippen molar-refractivity contribution in [2.45, 2.75) is 222 Å². The summed E-state index contributed by atoms with van der Waals surface area (Å²) in [5.41, 5.74) is 0. The molecular formula is C42H86O4. The van der Waals surface area contributed by atoms with E-state index in [0.29, 0.717) is 43.5 Å². The van der Waals surface area contributed by atoms with Gasteiger partial charge in [-0.3, -0.25) is 0 Å². The fraction of sp³-hybridized carbons (Fsp3) is 1.00.